The van der Waals surface area contributed by atoms with E-state index in [0.29, 0.717) is 36.5 Å². The van der Waals surface area contributed by atoms with Gasteiger partial charge in [0.2, 0.25) is 0 Å². The highest BCUT2D eigenvalue weighted by Gasteiger charge is 2.16. The molecule has 2 aromatic carbocycles. The zero-order valence-corrected chi connectivity index (χ0v) is 40.2. The SMILES string of the molecule is CCCCCCCCCCCCC(CCCCCCCCCC)COc1cc([N+](=O)[O-])ccc1/N=N/c1ccc(N(CC)CCOCC(C)CCCCCCCCCC)cc1. The first kappa shape index (κ1) is 54.1. The van der Waals surface area contributed by atoms with Crippen LogP contribution in [0, 0.1) is 22.0 Å². The van der Waals surface area contributed by atoms with E-state index >= 15 is 0 Å². The standard InChI is InChI=1S/C53H92N4O4/c1-6-10-13-16-19-22-23-26-29-32-35-48(34-31-28-25-21-18-15-12-8-3)46-61-53-44-51(57(58)59)40-41-52(53)55-54-49-36-38-50(39-37-49)56(9-4)42-43-60-45-47(5)33-30-27-24-20-17-14-11-7-2/h36-41,44,47-48H,6-35,42-43,45-46H2,1-5H3/b55-54+. The number of hydrogen-bond donors (Lipinski definition) is 0. The zero-order valence-electron chi connectivity index (χ0n) is 40.2. The first-order valence-electron chi connectivity index (χ1n) is 25.7. The fraction of sp³-hybridized carbons (Fsp3) is 0.774. The number of anilines is 1. The molecule has 0 radical (unpaired) electrons. The Labute approximate surface area is 375 Å². The van der Waals surface area contributed by atoms with Crippen LogP contribution < -0.4 is 9.64 Å². The van der Waals surface area contributed by atoms with Crippen LogP contribution >= 0.6 is 0 Å². The van der Waals surface area contributed by atoms with E-state index in [2.05, 4.69) is 61.9 Å². The van der Waals surface area contributed by atoms with E-state index in [4.69, 9.17) is 9.47 Å². The van der Waals surface area contributed by atoms with Crippen molar-refractivity contribution in [1.82, 2.24) is 0 Å². The summed E-state index contributed by atoms with van der Waals surface area (Å²) in [6, 6.07) is 12.8. The second-order valence-electron chi connectivity index (χ2n) is 18.1. The van der Waals surface area contributed by atoms with Gasteiger partial charge in [0.05, 0.1) is 29.9 Å². The molecule has 2 rings (SSSR count). The summed E-state index contributed by atoms with van der Waals surface area (Å²) in [5.41, 5.74) is 2.38. The second kappa shape index (κ2) is 37.5. The molecule has 8 nitrogen and oxygen atoms in total. The van der Waals surface area contributed by atoms with E-state index in [0.717, 1.165) is 43.9 Å². The predicted molar refractivity (Wildman–Crippen MR) is 261 cm³/mol. The average molecular weight is 849 g/mol. The first-order valence-corrected chi connectivity index (χ1v) is 25.7. The largest absolute Gasteiger partial charge is 0.491 e. The Morgan fingerprint density at radius 3 is 1.54 bits per heavy atom. The Bertz CT molecular complexity index is 1350. The molecule has 0 aliphatic rings. The molecule has 8 heteroatoms. The molecule has 348 valence electrons. The Balaban J connectivity index is 1.92. The van der Waals surface area contributed by atoms with Crippen molar-refractivity contribution in [3.05, 3.63) is 52.6 Å². The number of ether oxygens (including phenoxy) is 2. The fourth-order valence-electron chi connectivity index (χ4n) is 8.30. The minimum atomic E-state index is -0.364. The molecule has 2 atom stereocenters. The minimum Gasteiger partial charge on any atom is -0.491 e. The van der Waals surface area contributed by atoms with Crippen molar-refractivity contribution in [2.24, 2.45) is 22.1 Å². The molecule has 0 heterocycles. The van der Waals surface area contributed by atoms with Gasteiger partial charge in [-0.3, -0.25) is 10.1 Å². The molecule has 0 aliphatic carbocycles. The molecule has 0 fully saturated rings. The summed E-state index contributed by atoms with van der Waals surface area (Å²) in [7, 11) is 0. The molecular formula is C53H92N4O4. The third-order valence-corrected chi connectivity index (χ3v) is 12.4. The van der Waals surface area contributed by atoms with Crippen molar-refractivity contribution in [3.8, 4) is 5.75 Å². The highest BCUT2D eigenvalue weighted by atomic mass is 16.6. The molecule has 0 saturated carbocycles. The van der Waals surface area contributed by atoms with Gasteiger partial charge in [-0.25, -0.2) is 0 Å². The summed E-state index contributed by atoms with van der Waals surface area (Å²) in [5, 5.41) is 20.9. The van der Waals surface area contributed by atoms with E-state index in [-0.39, 0.29) is 10.6 Å². The number of hydrogen-bond acceptors (Lipinski definition) is 7. The smallest absolute Gasteiger partial charge is 0.273 e. The van der Waals surface area contributed by atoms with Crippen LogP contribution in [0.5, 0.6) is 5.75 Å². The van der Waals surface area contributed by atoms with Crippen LogP contribution in [0.3, 0.4) is 0 Å². The van der Waals surface area contributed by atoms with Gasteiger partial charge >= 0.3 is 0 Å². The number of nitro groups is 1. The summed E-state index contributed by atoms with van der Waals surface area (Å²) < 4.78 is 12.6. The lowest BCUT2D eigenvalue weighted by molar-refractivity contribution is -0.384. The van der Waals surface area contributed by atoms with Gasteiger partial charge in [0.15, 0.2) is 5.75 Å². The van der Waals surface area contributed by atoms with Crippen LogP contribution in [-0.4, -0.2) is 37.8 Å². The number of rotatable bonds is 42. The van der Waals surface area contributed by atoms with Gasteiger partial charge in [0.1, 0.15) is 5.69 Å². The van der Waals surface area contributed by atoms with Crippen LogP contribution in [0.2, 0.25) is 0 Å². The summed E-state index contributed by atoms with van der Waals surface area (Å²) in [6.07, 6.45) is 38.1. The van der Waals surface area contributed by atoms with Gasteiger partial charge in [0.25, 0.3) is 5.69 Å². The Kier molecular flexibility index (Phi) is 33.3. The lowest BCUT2D eigenvalue weighted by Gasteiger charge is -2.23. The summed E-state index contributed by atoms with van der Waals surface area (Å²) in [5.74, 6) is 1.45. The third kappa shape index (κ3) is 27.6. The number of unbranched alkanes of at least 4 members (excludes halogenated alkanes) is 23. The van der Waals surface area contributed by atoms with Crippen molar-refractivity contribution < 1.29 is 14.4 Å². The molecule has 2 unspecified atom stereocenters. The number of non-ortho nitro benzene ring substituents is 1. The highest BCUT2D eigenvalue weighted by Crippen LogP contribution is 2.34. The van der Waals surface area contributed by atoms with Crippen molar-refractivity contribution in [3.63, 3.8) is 0 Å². The van der Waals surface area contributed by atoms with E-state index in [9.17, 15) is 10.1 Å². The van der Waals surface area contributed by atoms with Crippen LogP contribution in [-0.2, 0) is 4.74 Å². The quantitative estimate of drug-likeness (QED) is 0.0287. The molecule has 0 spiro atoms. The second-order valence-corrected chi connectivity index (χ2v) is 18.1. The highest BCUT2D eigenvalue weighted by molar-refractivity contribution is 5.58. The predicted octanol–water partition coefficient (Wildman–Crippen LogP) is 17.9. The monoisotopic (exact) mass is 849 g/mol. The number of nitro benzene ring substituents is 1. The fourth-order valence-corrected chi connectivity index (χ4v) is 8.30. The molecule has 0 bridgehead atoms. The van der Waals surface area contributed by atoms with Crippen LogP contribution in [0.25, 0.3) is 0 Å². The Hall–Kier alpha value is -3.00. The molecular weight excluding hydrogens is 757 g/mol. The lowest BCUT2D eigenvalue weighted by atomic mass is 9.94. The Morgan fingerprint density at radius 2 is 1.07 bits per heavy atom. The van der Waals surface area contributed by atoms with Crippen LogP contribution in [0.15, 0.2) is 52.7 Å². The normalized spacial score (nSPS) is 12.6. The van der Waals surface area contributed by atoms with Crippen LogP contribution in [0.4, 0.5) is 22.7 Å². The number of likely N-dealkylation sites (N-methyl/N-ethyl adjacent to an activating group) is 1. The number of azo groups is 1. The average Bonchev–Trinajstić information content (AvgIpc) is 3.27. The summed E-state index contributed by atoms with van der Waals surface area (Å²) in [6.45, 7) is 15.1. The zero-order chi connectivity index (χ0) is 44.0. The maximum atomic E-state index is 11.8. The van der Waals surface area contributed by atoms with Crippen molar-refractivity contribution in [1.29, 1.82) is 0 Å². The van der Waals surface area contributed by atoms with E-state index in [1.807, 2.05) is 12.1 Å². The number of benzene rings is 2. The number of nitrogens with zero attached hydrogens (tertiary/aromatic N) is 4. The van der Waals surface area contributed by atoms with Gasteiger partial charge in [-0.2, -0.15) is 5.11 Å². The Morgan fingerprint density at radius 1 is 0.590 bits per heavy atom. The van der Waals surface area contributed by atoms with Gasteiger partial charge < -0.3 is 14.4 Å². The molecule has 61 heavy (non-hydrogen) atoms. The van der Waals surface area contributed by atoms with Crippen molar-refractivity contribution in [2.45, 2.75) is 221 Å². The van der Waals surface area contributed by atoms with Gasteiger partial charge in [-0.1, -0.05) is 195 Å². The maximum Gasteiger partial charge on any atom is 0.273 e. The van der Waals surface area contributed by atoms with E-state index in [1.54, 1.807) is 6.07 Å². The van der Waals surface area contributed by atoms with Crippen molar-refractivity contribution >= 4 is 22.7 Å². The van der Waals surface area contributed by atoms with E-state index < -0.39 is 0 Å². The van der Waals surface area contributed by atoms with E-state index in [1.165, 1.54) is 185 Å². The molecule has 0 saturated heterocycles. The molecule has 0 aromatic heterocycles. The maximum absolute atomic E-state index is 11.8. The molecule has 0 N–H and O–H groups in total. The molecule has 0 amide bonds. The summed E-state index contributed by atoms with van der Waals surface area (Å²) in [4.78, 5) is 13.7. The molecule has 2 aromatic rings. The van der Waals surface area contributed by atoms with Gasteiger partial charge in [-0.05, 0) is 68.4 Å². The molecule has 0 aliphatic heterocycles. The van der Waals surface area contributed by atoms with Crippen LogP contribution in [0.1, 0.15) is 221 Å². The van der Waals surface area contributed by atoms with Crippen molar-refractivity contribution in [2.75, 3.05) is 37.8 Å². The van der Waals surface area contributed by atoms with Gasteiger partial charge in [0, 0.05) is 31.5 Å². The first-order chi connectivity index (χ1) is 29.9. The third-order valence-electron chi connectivity index (χ3n) is 12.4. The summed E-state index contributed by atoms with van der Waals surface area (Å²) >= 11 is 0. The topological polar surface area (TPSA) is 89.6 Å². The lowest BCUT2D eigenvalue weighted by Crippen LogP contribution is -2.27. The van der Waals surface area contributed by atoms with Gasteiger partial charge in [-0.15, -0.1) is 5.11 Å². The minimum absolute atomic E-state index is 0.00853.